The zero-order valence-corrected chi connectivity index (χ0v) is 15.8. The molecule has 6 nitrogen and oxygen atoms in total. The molecule has 3 rings (SSSR count). The third-order valence-corrected chi connectivity index (χ3v) is 4.48. The molecule has 1 aromatic carbocycles. The summed E-state index contributed by atoms with van der Waals surface area (Å²) < 4.78 is 90.6. The van der Waals surface area contributed by atoms with Gasteiger partial charge < -0.3 is 4.90 Å². The van der Waals surface area contributed by atoms with Crippen LogP contribution in [0.1, 0.15) is 21.8 Å². The molecule has 0 aliphatic carbocycles. The maximum atomic E-state index is 14.4. The van der Waals surface area contributed by atoms with Crippen molar-refractivity contribution in [2.24, 2.45) is 0 Å². The summed E-state index contributed by atoms with van der Waals surface area (Å²) in [5.74, 6) is -5.34. The van der Waals surface area contributed by atoms with Crippen LogP contribution < -0.4 is 15.3 Å². The number of nitrogens with zero attached hydrogens (tertiary/aromatic N) is 3. The van der Waals surface area contributed by atoms with Crippen molar-refractivity contribution >= 4 is 34.9 Å². The fourth-order valence-corrected chi connectivity index (χ4v) is 2.99. The molecule has 2 aromatic rings. The van der Waals surface area contributed by atoms with Gasteiger partial charge in [0, 0.05) is 22.8 Å². The Morgan fingerprint density at radius 2 is 2.00 bits per heavy atom. The van der Waals surface area contributed by atoms with Gasteiger partial charge >= 0.3 is 6.18 Å². The molecule has 0 bridgehead atoms. The lowest BCUT2D eigenvalue weighted by molar-refractivity contribution is -0.137. The van der Waals surface area contributed by atoms with Gasteiger partial charge in [-0.25, -0.2) is 13.8 Å². The first kappa shape index (κ1) is 17.9. The fraction of sp³-hybridized carbons (Fsp3) is 0.278. The van der Waals surface area contributed by atoms with Crippen molar-refractivity contribution in [3.63, 3.8) is 0 Å². The highest BCUT2D eigenvalue weighted by Gasteiger charge is 2.40. The van der Waals surface area contributed by atoms with Gasteiger partial charge in [0.1, 0.15) is 23.5 Å². The minimum atomic E-state index is -4.77. The maximum Gasteiger partial charge on any atom is 0.416 e. The molecule has 12 heteroatoms. The summed E-state index contributed by atoms with van der Waals surface area (Å²) in [5, 5.41) is -0.00426. The second-order valence-electron chi connectivity index (χ2n) is 6.37. The van der Waals surface area contributed by atoms with Gasteiger partial charge in [0.05, 0.1) is 22.7 Å². The molecule has 2 amide bonds. The number of hydrogen-bond donors (Lipinski definition) is 1. The zero-order chi connectivity index (χ0) is 24.9. The first-order valence-corrected chi connectivity index (χ1v) is 8.60. The minimum Gasteiger partial charge on any atom is -0.311 e. The van der Waals surface area contributed by atoms with Crippen LogP contribution in [0.25, 0.3) is 0 Å². The molecule has 1 N–H and O–H groups in total. The summed E-state index contributed by atoms with van der Waals surface area (Å²) in [4.78, 5) is 29.1. The molecular weight excluding hydrogens is 435 g/mol. The molecule has 1 aliphatic rings. The molecule has 1 fully saturated rings. The van der Waals surface area contributed by atoms with Gasteiger partial charge in [0.2, 0.25) is 5.91 Å². The predicted molar refractivity (Wildman–Crippen MR) is 97.8 cm³/mol. The number of alkyl halides is 3. The Labute approximate surface area is 176 Å². The van der Waals surface area contributed by atoms with E-state index >= 15 is 0 Å². The number of hydrazine groups is 1. The quantitative estimate of drug-likeness (QED) is 0.572. The van der Waals surface area contributed by atoms with Gasteiger partial charge in [-0.2, -0.15) is 13.2 Å². The van der Waals surface area contributed by atoms with Crippen molar-refractivity contribution in [3.8, 4) is 0 Å². The Bertz CT molecular complexity index is 1130. The summed E-state index contributed by atoms with van der Waals surface area (Å²) in [7, 11) is 0. The number of hydrogen-bond acceptors (Lipinski definition) is 4. The summed E-state index contributed by atoms with van der Waals surface area (Å²) in [6.45, 7) is -2.08. The lowest BCUT2D eigenvalue weighted by Gasteiger charge is -2.28. The standard InChI is InChI=1S/C18H14ClF5N4O2/c1-8-3-9(18(22,23)24)4-15(25-8)28-14(7-16(29)26-28)17(30)27(2)13-5-10(19)11(20)6-12(13)21/h3-6,14H,7H2,1-2H3,(H,26,29)/i2D3. The molecule has 1 aliphatic heterocycles. The van der Waals surface area contributed by atoms with E-state index in [0.29, 0.717) is 17.1 Å². The molecule has 1 unspecified atom stereocenters. The molecule has 1 saturated heterocycles. The van der Waals surface area contributed by atoms with Crippen molar-refractivity contribution in [2.45, 2.75) is 25.6 Å². The Hall–Kier alpha value is -2.95. The van der Waals surface area contributed by atoms with E-state index in [0.717, 1.165) is 6.07 Å². The second-order valence-corrected chi connectivity index (χ2v) is 6.78. The van der Waals surface area contributed by atoms with E-state index in [2.05, 4.69) is 10.4 Å². The number of halogens is 6. The molecule has 0 spiro atoms. The summed E-state index contributed by atoms with van der Waals surface area (Å²) in [6, 6.07) is 0.447. The number of nitrogens with one attached hydrogen (secondary N) is 1. The monoisotopic (exact) mass is 451 g/mol. The lowest BCUT2D eigenvalue weighted by Crippen LogP contribution is -2.48. The van der Waals surface area contributed by atoms with Crippen molar-refractivity contribution in [3.05, 3.63) is 52.2 Å². The molecule has 2 heterocycles. The summed E-state index contributed by atoms with van der Waals surface area (Å²) in [6.07, 6.45) is -5.44. The molecule has 0 saturated carbocycles. The Morgan fingerprint density at radius 3 is 2.63 bits per heavy atom. The molecule has 1 atom stereocenters. The number of anilines is 2. The number of aromatic nitrogens is 1. The fourth-order valence-electron chi connectivity index (χ4n) is 2.83. The number of carbonyl (C=O) groups excluding carboxylic acids is 2. The second kappa shape index (κ2) is 7.71. The van der Waals surface area contributed by atoms with E-state index in [9.17, 15) is 31.5 Å². The van der Waals surface area contributed by atoms with Gasteiger partial charge in [-0.15, -0.1) is 0 Å². The molecule has 1 aromatic heterocycles. The highest BCUT2D eigenvalue weighted by atomic mass is 35.5. The van der Waals surface area contributed by atoms with Crippen LogP contribution in [0.2, 0.25) is 5.02 Å². The van der Waals surface area contributed by atoms with Crippen LogP contribution in [0.15, 0.2) is 24.3 Å². The van der Waals surface area contributed by atoms with E-state index < -0.39 is 71.2 Å². The molecular formula is C18H14ClF5N4O2. The number of benzene rings is 1. The van der Waals surface area contributed by atoms with E-state index in [1.165, 1.54) is 6.92 Å². The van der Waals surface area contributed by atoms with Crippen LogP contribution >= 0.6 is 11.6 Å². The number of pyridine rings is 1. The van der Waals surface area contributed by atoms with E-state index in [-0.39, 0.29) is 16.7 Å². The number of likely N-dealkylation sites (N-methyl/N-ethyl adjacent to an activating group) is 1. The Morgan fingerprint density at radius 1 is 1.30 bits per heavy atom. The van der Waals surface area contributed by atoms with Gasteiger partial charge in [0.15, 0.2) is 0 Å². The van der Waals surface area contributed by atoms with E-state index in [1.807, 2.05) is 0 Å². The van der Waals surface area contributed by atoms with E-state index in [4.69, 9.17) is 15.7 Å². The Kier molecular flexibility index (Phi) is 4.59. The SMILES string of the molecule is [2H]C([2H])([2H])N(C(=O)C1CC(=O)NN1c1cc(C(F)(F)F)cc(C)n1)c1cc(Cl)c(F)cc1F. The lowest BCUT2D eigenvalue weighted by atomic mass is 10.1. The summed E-state index contributed by atoms with van der Waals surface area (Å²) in [5.41, 5.74) is 0.0252. The maximum absolute atomic E-state index is 14.4. The van der Waals surface area contributed by atoms with E-state index in [1.54, 1.807) is 0 Å². The average Bonchev–Trinajstić information content (AvgIpc) is 3.05. The number of aryl methyl sites for hydroxylation is 1. The highest BCUT2D eigenvalue weighted by Crippen LogP contribution is 2.33. The zero-order valence-electron chi connectivity index (χ0n) is 18.0. The number of carbonyl (C=O) groups is 2. The predicted octanol–water partition coefficient (Wildman–Crippen LogP) is 3.61. The molecule has 0 radical (unpaired) electrons. The minimum absolute atomic E-state index is 0.00787. The van der Waals surface area contributed by atoms with Crippen LogP contribution in [0.4, 0.5) is 33.5 Å². The van der Waals surface area contributed by atoms with Crippen LogP contribution in [0, 0.1) is 18.6 Å². The van der Waals surface area contributed by atoms with Crippen LogP contribution in [-0.2, 0) is 15.8 Å². The van der Waals surface area contributed by atoms with Gasteiger partial charge in [0.25, 0.3) is 5.91 Å². The topological polar surface area (TPSA) is 65.5 Å². The van der Waals surface area contributed by atoms with Crippen molar-refractivity contribution in [1.29, 1.82) is 0 Å². The van der Waals surface area contributed by atoms with Gasteiger partial charge in [-0.3, -0.25) is 20.0 Å². The summed E-state index contributed by atoms with van der Waals surface area (Å²) >= 11 is 5.61. The Balaban J connectivity index is 2.09. The van der Waals surface area contributed by atoms with Gasteiger partial charge in [-0.1, -0.05) is 11.6 Å². The smallest absolute Gasteiger partial charge is 0.311 e. The molecule has 30 heavy (non-hydrogen) atoms. The first-order valence-electron chi connectivity index (χ1n) is 9.73. The van der Waals surface area contributed by atoms with Crippen LogP contribution in [-0.4, -0.2) is 29.8 Å². The number of amides is 2. The van der Waals surface area contributed by atoms with Crippen LogP contribution in [0.5, 0.6) is 0 Å². The average molecular weight is 452 g/mol. The normalized spacial score (nSPS) is 18.5. The third-order valence-electron chi connectivity index (χ3n) is 4.19. The van der Waals surface area contributed by atoms with Crippen molar-refractivity contribution in [1.82, 2.24) is 10.4 Å². The number of rotatable bonds is 3. The van der Waals surface area contributed by atoms with Crippen LogP contribution in [0.3, 0.4) is 0 Å². The highest BCUT2D eigenvalue weighted by molar-refractivity contribution is 6.31. The van der Waals surface area contributed by atoms with Gasteiger partial charge in [-0.05, 0) is 25.1 Å². The molecule has 160 valence electrons. The first-order chi connectivity index (χ1) is 15.1. The third kappa shape index (κ3) is 4.16. The van der Waals surface area contributed by atoms with Crippen molar-refractivity contribution < 1.29 is 35.7 Å². The van der Waals surface area contributed by atoms with Crippen molar-refractivity contribution in [2.75, 3.05) is 16.9 Å². The largest absolute Gasteiger partial charge is 0.416 e.